The van der Waals surface area contributed by atoms with Crippen molar-refractivity contribution in [1.82, 2.24) is 4.57 Å². The largest absolute Gasteiger partial charge is 0.497 e. The predicted octanol–water partition coefficient (Wildman–Crippen LogP) is 2.73. The fourth-order valence-corrected chi connectivity index (χ4v) is 4.89. The number of fused-ring (bicyclic) bond motifs is 1. The summed E-state index contributed by atoms with van der Waals surface area (Å²) in [6.45, 7) is 5.02. The highest BCUT2D eigenvalue weighted by atomic mass is 32.1. The number of carbonyl (C=O) groups is 2. The van der Waals surface area contributed by atoms with E-state index in [-0.39, 0.29) is 12.2 Å². The van der Waals surface area contributed by atoms with Gasteiger partial charge in [0.05, 0.1) is 35.6 Å². The van der Waals surface area contributed by atoms with Crippen LogP contribution in [0.5, 0.6) is 11.5 Å². The molecule has 4 rings (SSSR count). The van der Waals surface area contributed by atoms with Crippen molar-refractivity contribution >= 4 is 29.4 Å². The topological polar surface area (TPSA) is 96.2 Å². The van der Waals surface area contributed by atoms with Crippen molar-refractivity contribution in [2.75, 3.05) is 13.7 Å². The fraction of sp³-hybridized carbons (Fsp3) is 0.231. The lowest BCUT2D eigenvalue weighted by Gasteiger charge is -2.24. The van der Waals surface area contributed by atoms with Gasteiger partial charge in [0.1, 0.15) is 11.5 Å². The second kappa shape index (κ2) is 10.1. The van der Waals surface area contributed by atoms with Crippen molar-refractivity contribution in [3.8, 4) is 11.5 Å². The van der Waals surface area contributed by atoms with Gasteiger partial charge in [-0.2, -0.15) is 0 Å². The third-order valence-corrected chi connectivity index (χ3v) is 6.37. The lowest BCUT2D eigenvalue weighted by molar-refractivity contribution is -0.139. The third-order valence-electron chi connectivity index (χ3n) is 5.39. The van der Waals surface area contributed by atoms with Crippen LogP contribution in [0.15, 0.2) is 69.6 Å². The molecule has 0 spiro atoms. The summed E-state index contributed by atoms with van der Waals surface area (Å²) < 4.78 is 17.6. The Morgan fingerprint density at radius 3 is 2.34 bits per heavy atom. The summed E-state index contributed by atoms with van der Waals surface area (Å²) in [4.78, 5) is 42.7. The standard InChI is InChI=1S/C26H24N2O6S/c1-5-33-25(31)22-15(2)27-26-28(23(22)18-8-12-19(32-4)13-9-18)24(30)21(35-26)14-17-6-10-20(11-7-17)34-16(3)29/h6-14,23H,5H2,1-4H3/b21-14+. The van der Waals surface area contributed by atoms with Crippen LogP contribution >= 0.6 is 11.3 Å². The smallest absolute Gasteiger partial charge is 0.338 e. The van der Waals surface area contributed by atoms with E-state index < -0.39 is 18.0 Å². The number of aromatic nitrogens is 1. The number of nitrogens with zero attached hydrogens (tertiary/aromatic N) is 2. The Balaban J connectivity index is 1.85. The molecule has 0 fully saturated rings. The van der Waals surface area contributed by atoms with Gasteiger partial charge in [0.2, 0.25) is 0 Å². The molecular formula is C26H24N2O6S. The summed E-state index contributed by atoms with van der Waals surface area (Å²) in [5.41, 5.74) is 2.05. The highest BCUT2D eigenvalue weighted by Crippen LogP contribution is 2.31. The minimum Gasteiger partial charge on any atom is -0.497 e. The van der Waals surface area contributed by atoms with Gasteiger partial charge in [0.25, 0.3) is 5.56 Å². The SMILES string of the molecule is CCOC(=O)C1=C(C)N=c2s/c(=C/c3ccc(OC(C)=O)cc3)c(=O)n2C1c1ccc(OC)cc1. The molecule has 1 atom stereocenters. The number of esters is 2. The molecule has 8 nitrogen and oxygen atoms in total. The van der Waals surface area contributed by atoms with E-state index in [4.69, 9.17) is 14.2 Å². The lowest BCUT2D eigenvalue weighted by atomic mass is 9.96. The van der Waals surface area contributed by atoms with Gasteiger partial charge < -0.3 is 14.2 Å². The fourth-order valence-electron chi connectivity index (χ4n) is 3.84. The molecule has 2 heterocycles. The normalized spacial score (nSPS) is 15.3. The maximum Gasteiger partial charge on any atom is 0.338 e. The summed E-state index contributed by atoms with van der Waals surface area (Å²) in [5.74, 6) is 0.171. The minimum absolute atomic E-state index is 0.207. The highest BCUT2D eigenvalue weighted by molar-refractivity contribution is 7.07. The van der Waals surface area contributed by atoms with Crippen LogP contribution in [0.1, 0.15) is 37.9 Å². The lowest BCUT2D eigenvalue weighted by Crippen LogP contribution is -2.39. The van der Waals surface area contributed by atoms with Crippen molar-refractivity contribution in [2.45, 2.75) is 26.8 Å². The number of allylic oxidation sites excluding steroid dienone is 1. The number of thiazole rings is 1. The summed E-state index contributed by atoms with van der Waals surface area (Å²) in [5, 5.41) is 0. The molecular weight excluding hydrogens is 468 g/mol. The van der Waals surface area contributed by atoms with E-state index in [1.54, 1.807) is 63.4 Å². The van der Waals surface area contributed by atoms with Gasteiger partial charge in [-0.1, -0.05) is 35.6 Å². The Morgan fingerprint density at radius 1 is 1.09 bits per heavy atom. The molecule has 2 aromatic carbocycles. The van der Waals surface area contributed by atoms with Crippen LogP contribution in [-0.4, -0.2) is 30.2 Å². The molecule has 3 aromatic rings. The number of benzene rings is 2. The summed E-state index contributed by atoms with van der Waals surface area (Å²) >= 11 is 1.24. The maximum atomic E-state index is 13.6. The van der Waals surface area contributed by atoms with Gasteiger partial charge in [-0.25, -0.2) is 9.79 Å². The first kappa shape index (κ1) is 24.2. The van der Waals surface area contributed by atoms with E-state index in [1.165, 1.54) is 22.8 Å². The van der Waals surface area contributed by atoms with Crippen molar-refractivity contribution in [1.29, 1.82) is 0 Å². The predicted molar refractivity (Wildman–Crippen MR) is 131 cm³/mol. The Bertz CT molecular complexity index is 1480. The number of carbonyl (C=O) groups excluding carboxylic acids is 2. The minimum atomic E-state index is -0.690. The second-order valence-corrected chi connectivity index (χ2v) is 8.75. The molecule has 0 saturated heterocycles. The molecule has 1 aliphatic heterocycles. The number of rotatable bonds is 6. The van der Waals surface area contributed by atoms with Crippen LogP contribution in [0.25, 0.3) is 6.08 Å². The molecule has 35 heavy (non-hydrogen) atoms. The van der Waals surface area contributed by atoms with Gasteiger partial charge in [0.15, 0.2) is 4.80 Å². The zero-order valence-electron chi connectivity index (χ0n) is 19.7. The monoisotopic (exact) mass is 492 g/mol. The van der Waals surface area contributed by atoms with Crippen LogP contribution in [0, 0.1) is 0 Å². The molecule has 0 bridgehead atoms. The van der Waals surface area contributed by atoms with Gasteiger partial charge in [-0.3, -0.25) is 14.2 Å². The second-order valence-electron chi connectivity index (χ2n) is 7.74. The van der Waals surface area contributed by atoms with Crippen molar-refractivity contribution in [3.63, 3.8) is 0 Å². The molecule has 0 saturated carbocycles. The zero-order valence-corrected chi connectivity index (χ0v) is 20.5. The van der Waals surface area contributed by atoms with Crippen molar-refractivity contribution in [2.24, 2.45) is 4.99 Å². The molecule has 180 valence electrons. The van der Waals surface area contributed by atoms with E-state index in [9.17, 15) is 14.4 Å². The van der Waals surface area contributed by atoms with E-state index in [0.717, 1.165) is 11.1 Å². The molecule has 0 aliphatic carbocycles. The van der Waals surface area contributed by atoms with Crippen LogP contribution in [0.3, 0.4) is 0 Å². The van der Waals surface area contributed by atoms with Gasteiger partial charge >= 0.3 is 11.9 Å². The molecule has 1 unspecified atom stereocenters. The molecule has 1 aliphatic rings. The summed E-state index contributed by atoms with van der Waals surface area (Å²) in [7, 11) is 1.57. The first-order chi connectivity index (χ1) is 16.8. The summed E-state index contributed by atoms with van der Waals surface area (Å²) in [6.07, 6.45) is 1.75. The third kappa shape index (κ3) is 4.95. The van der Waals surface area contributed by atoms with Crippen LogP contribution in [0.4, 0.5) is 0 Å². The van der Waals surface area contributed by atoms with Gasteiger partial charge in [-0.15, -0.1) is 0 Å². The Morgan fingerprint density at radius 2 is 1.74 bits per heavy atom. The summed E-state index contributed by atoms with van der Waals surface area (Å²) in [6, 6.07) is 13.4. The zero-order chi connectivity index (χ0) is 25.1. The average Bonchev–Trinajstić information content (AvgIpc) is 3.13. The Kier molecular flexibility index (Phi) is 6.97. The van der Waals surface area contributed by atoms with Crippen LogP contribution in [0.2, 0.25) is 0 Å². The van der Waals surface area contributed by atoms with E-state index >= 15 is 0 Å². The van der Waals surface area contributed by atoms with Crippen LogP contribution < -0.4 is 24.4 Å². The quantitative estimate of drug-likeness (QED) is 0.388. The first-order valence-electron chi connectivity index (χ1n) is 10.9. The molecule has 0 radical (unpaired) electrons. The first-order valence-corrected chi connectivity index (χ1v) is 11.8. The molecule has 0 N–H and O–H groups in total. The van der Waals surface area contributed by atoms with Crippen molar-refractivity contribution < 1.29 is 23.8 Å². The van der Waals surface area contributed by atoms with Gasteiger partial charge in [0, 0.05) is 6.92 Å². The van der Waals surface area contributed by atoms with Crippen molar-refractivity contribution in [3.05, 3.63) is 90.6 Å². The van der Waals surface area contributed by atoms with Crippen LogP contribution in [-0.2, 0) is 14.3 Å². The molecule has 1 aromatic heterocycles. The van der Waals surface area contributed by atoms with E-state index in [0.29, 0.717) is 32.1 Å². The number of hydrogen-bond donors (Lipinski definition) is 0. The average molecular weight is 493 g/mol. The van der Waals surface area contributed by atoms with Gasteiger partial charge in [-0.05, 0) is 55.3 Å². The number of ether oxygens (including phenoxy) is 3. The van der Waals surface area contributed by atoms with E-state index in [2.05, 4.69) is 4.99 Å². The Hall–Kier alpha value is -3.98. The van der Waals surface area contributed by atoms with E-state index in [1.807, 2.05) is 12.1 Å². The maximum absolute atomic E-state index is 13.6. The molecule has 9 heteroatoms. The molecule has 0 amide bonds. The highest BCUT2D eigenvalue weighted by Gasteiger charge is 2.33. The number of methoxy groups -OCH3 is 1. The number of hydrogen-bond acceptors (Lipinski definition) is 8. The Labute approximate surface area is 205 Å².